The van der Waals surface area contributed by atoms with Gasteiger partial charge in [0.25, 0.3) is 5.95 Å². The summed E-state index contributed by atoms with van der Waals surface area (Å²) in [7, 11) is 0. The SMILES string of the molecule is Cc1cc(C=c2ccc(=C3C=CC(=[N+]([O-])[O-])C=C3)o2)c(O)o1. The van der Waals surface area contributed by atoms with Crippen LogP contribution in [0.15, 0.2) is 51.3 Å². The van der Waals surface area contributed by atoms with Crippen molar-refractivity contribution < 1.29 is 18.8 Å². The molecule has 3 rings (SSSR count). The molecule has 0 bridgehead atoms. The number of allylic oxidation sites excluding steroid dienone is 4. The van der Waals surface area contributed by atoms with Crippen molar-refractivity contribution in [3.8, 4) is 5.95 Å². The average Bonchev–Trinajstić information content (AvgIpc) is 3.06. The molecule has 0 fully saturated rings. The molecule has 1 aliphatic rings. The smallest absolute Gasteiger partial charge is 0.289 e. The van der Waals surface area contributed by atoms with Crippen LogP contribution in [0.3, 0.4) is 0 Å². The van der Waals surface area contributed by atoms with Crippen molar-refractivity contribution in [2.75, 3.05) is 0 Å². The molecule has 0 spiro atoms. The van der Waals surface area contributed by atoms with Crippen LogP contribution in [0.2, 0.25) is 0 Å². The van der Waals surface area contributed by atoms with Crippen molar-refractivity contribution in [2.24, 2.45) is 0 Å². The van der Waals surface area contributed by atoms with Crippen LogP contribution in [0.4, 0.5) is 0 Å². The van der Waals surface area contributed by atoms with Crippen molar-refractivity contribution in [3.05, 3.63) is 75.1 Å². The van der Waals surface area contributed by atoms with Crippen molar-refractivity contribution in [3.63, 3.8) is 0 Å². The Morgan fingerprint density at radius 2 is 1.82 bits per heavy atom. The monoisotopic (exact) mass is 298 g/mol. The Balaban J connectivity index is 2.00. The number of furan rings is 2. The molecule has 0 saturated carbocycles. The van der Waals surface area contributed by atoms with Gasteiger partial charge >= 0.3 is 0 Å². The number of hydrogen-bond acceptors (Lipinski definition) is 5. The highest BCUT2D eigenvalue weighted by Crippen LogP contribution is 2.21. The summed E-state index contributed by atoms with van der Waals surface area (Å²) in [5.41, 5.74) is 2.42. The van der Waals surface area contributed by atoms with Crippen LogP contribution in [-0.2, 0) is 0 Å². The highest BCUT2D eigenvalue weighted by molar-refractivity contribution is 6.05. The standard InChI is InChI=1S/C16H12NO5/c1-10-8-12(16(18)21-10)9-14-6-7-15(22-14)11-2-4-13(5-3-11)17(19)20/h2-9H,1H3,(H-,18,19,20)/q-1. The third-order valence-corrected chi connectivity index (χ3v) is 3.15. The van der Waals surface area contributed by atoms with Gasteiger partial charge in [-0.2, -0.15) is 4.90 Å². The van der Waals surface area contributed by atoms with E-state index in [-0.39, 0.29) is 11.7 Å². The summed E-state index contributed by atoms with van der Waals surface area (Å²) < 4.78 is 10.7. The van der Waals surface area contributed by atoms with E-state index in [1.165, 1.54) is 12.2 Å². The first-order chi connectivity index (χ1) is 10.5. The molecule has 0 aliphatic heterocycles. The summed E-state index contributed by atoms with van der Waals surface area (Å²) in [4.78, 5) is -0.449. The second-order valence-corrected chi connectivity index (χ2v) is 4.77. The van der Waals surface area contributed by atoms with Crippen LogP contribution in [0.25, 0.3) is 11.6 Å². The Hall–Kier alpha value is -3.15. The van der Waals surface area contributed by atoms with Crippen molar-refractivity contribution >= 4 is 17.4 Å². The minimum atomic E-state index is -0.449. The van der Waals surface area contributed by atoms with E-state index in [9.17, 15) is 15.5 Å². The molecule has 6 nitrogen and oxygen atoms in total. The lowest BCUT2D eigenvalue weighted by Gasteiger charge is -2.07. The summed E-state index contributed by atoms with van der Waals surface area (Å²) in [6, 6.07) is 5.21. The van der Waals surface area contributed by atoms with Gasteiger partial charge in [0, 0.05) is 17.7 Å². The van der Waals surface area contributed by atoms with Crippen molar-refractivity contribution in [1.82, 2.24) is 0 Å². The van der Waals surface area contributed by atoms with Gasteiger partial charge in [0.15, 0.2) is 0 Å². The van der Waals surface area contributed by atoms with Gasteiger partial charge in [-0.25, -0.2) is 0 Å². The van der Waals surface area contributed by atoms with E-state index in [1.54, 1.807) is 43.4 Å². The maximum Gasteiger partial charge on any atom is 0.289 e. The molecule has 0 saturated heterocycles. The first-order valence-corrected chi connectivity index (χ1v) is 6.52. The average molecular weight is 298 g/mol. The van der Waals surface area contributed by atoms with E-state index in [0.717, 1.165) is 5.57 Å². The first-order valence-electron chi connectivity index (χ1n) is 6.52. The Morgan fingerprint density at radius 3 is 2.41 bits per heavy atom. The maximum atomic E-state index is 10.6. The highest BCUT2D eigenvalue weighted by atomic mass is 16.8. The molecule has 1 aliphatic carbocycles. The number of hydrogen-bond donors (Lipinski definition) is 1. The van der Waals surface area contributed by atoms with Crippen LogP contribution >= 0.6 is 0 Å². The summed E-state index contributed by atoms with van der Waals surface area (Å²) in [6.07, 6.45) is 7.75. The Morgan fingerprint density at radius 1 is 1.09 bits per heavy atom. The van der Waals surface area contributed by atoms with Gasteiger partial charge in [-0.15, -0.1) is 0 Å². The molecule has 0 unspecified atom stereocenters. The Bertz CT molecular complexity index is 902. The Kier molecular flexibility index (Phi) is 3.34. The number of rotatable bonds is 1. The van der Waals surface area contributed by atoms with E-state index in [4.69, 9.17) is 8.83 Å². The van der Waals surface area contributed by atoms with Crippen LogP contribution < -0.4 is 10.8 Å². The van der Waals surface area contributed by atoms with Crippen LogP contribution in [-0.4, -0.2) is 15.7 Å². The summed E-state index contributed by atoms with van der Waals surface area (Å²) in [5.74, 6) is 0.441. The normalized spacial score (nSPS) is 14.9. The van der Waals surface area contributed by atoms with Gasteiger partial charge < -0.3 is 24.4 Å². The van der Waals surface area contributed by atoms with Gasteiger partial charge in [-0.05, 0) is 43.4 Å². The molecule has 6 heteroatoms. The largest absolute Gasteiger partial charge is 0.612 e. The van der Waals surface area contributed by atoms with E-state index < -0.39 is 4.90 Å². The minimum absolute atomic E-state index is 0.0286. The zero-order valence-corrected chi connectivity index (χ0v) is 11.6. The van der Waals surface area contributed by atoms with Crippen LogP contribution in [0.1, 0.15) is 11.3 Å². The fourth-order valence-electron chi connectivity index (χ4n) is 2.11. The van der Waals surface area contributed by atoms with Gasteiger partial charge in [0.1, 0.15) is 16.6 Å². The number of aromatic hydroxyl groups is 1. The Labute approximate surface area is 125 Å². The van der Waals surface area contributed by atoms with Crippen molar-refractivity contribution in [1.29, 1.82) is 0 Å². The molecule has 1 N–H and O–H groups in total. The van der Waals surface area contributed by atoms with E-state index in [0.29, 0.717) is 22.2 Å². The second-order valence-electron chi connectivity index (χ2n) is 4.77. The first kappa shape index (κ1) is 13.8. The molecule has 0 aromatic carbocycles. The minimum Gasteiger partial charge on any atom is -0.612 e. The topological polar surface area (TPSA) is 95.6 Å². The summed E-state index contributed by atoms with van der Waals surface area (Å²) >= 11 is 0. The molecule has 2 aromatic heterocycles. The molecular formula is C16H12NO5-. The molecule has 2 aromatic rings. The third kappa shape index (κ3) is 2.67. The molecular weight excluding hydrogens is 286 g/mol. The van der Waals surface area contributed by atoms with Gasteiger partial charge in [0.05, 0.1) is 5.56 Å². The molecule has 0 atom stereocenters. The zero-order valence-electron chi connectivity index (χ0n) is 11.6. The third-order valence-electron chi connectivity index (χ3n) is 3.15. The molecule has 22 heavy (non-hydrogen) atoms. The van der Waals surface area contributed by atoms with Gasteiger partial charge in [0.2, 0.25) is 5.71 Å². The predicted molar refractivity (Wildman–Crippen MR) is 80.3 cm³/mol. The van der Waals surface area contributed by atoms with Crippen molar-refractivity contribution in [2.45, 2.75) is 6.92 Å². The maximum absolute atomic E-state index is 10.6. The van der Waals surface area contributed by atoms with E-state index >= 15 is 0 Å². The molecule has 0 amide bonds. The molecule has 0 radical (unpaired) electrons. The highest BCUT2D eigenvalue weighted by Gasteiger charge is 2.06. The number of aryl methyl sites for hydroxylation is 1. The second kappa shape index (κ2) is 5.33. The van der Waals surface area contributed by atoms with Gasteiger partial charge in [-0.1, -0.05) is 0 Å². The van der Waals surface area contributed by atoms with Gasteiger partial charge in [-0.3, -0.25) is 0 Å². The van der Waals surface area contributed by atoms with Crippen LogP contribution in [0, 0.1) is 17.3 Å². The quantitative estimate of drug-likeness (QED) is 0.635. The fourth-order valence-corrected chi connectivity index (χ4v) is 2.11. The summed E-state index contributed by atoms with van der Waals surface area (Å²) in [6.45, 7) is 1.74. The predicted octanol–water partition coefficient (Wildman–Crippen LogP) is 1.44. The van der Waals surface area contributed by atoms with E-state index in [1.807, 2.05) is 0 Å². The van der Waals surface area contributed by atoms with E-state index in [2.05, 4.69) is 0 Å². The number of nitrogens with zero attached hydrogens (tertiary/aromatic N) is 1. The zero-order chi connectivity index (χ0) is 15.7. The van der Waals surface area contributed by atoms with Crippen LogP contribution in [0.5, 0.6) is 5.95 Å². The lowest BCUT2D eigenvalue weighted by Crippen LogP contribution is -2.09. The lowest BCUT2D eigenvalue weighted by atomic mass is 10.1. The fraction of sp³-hybridized carbons (Fsp3) is 0.0625. The lowest BCUT2D eigenvalue weighted by molar-refractivity contribution is -0.377. The molecule has 112 valence electrons. The molecule has 2 heterocycles. The summed E-state index contributed by atoms with van der Waals surface area (Å²) in [5, 5.41) is 30.9.